The molecule has 0 unspecified atom stereocenters. The molecule has 2 amide bonds. The number of nitrogens with one attached hydrogen (secondary N) is 3. The number of hydrogen-bond acceptors (Lipinski definition) is 5. The van der Waals surface area contributed by atoms with Crippen LogP contribution < -0.4 is 16.2 Å². The van der Waals surface area contributed by atoms with Crippen LogP contribution in [0.1, 0.15) is 43.7 Å². The molecule has 0 saturated carbocycles. The molecule has 7 nitrogen and oxygen atoms in total. The third-order valence-corrected chi connectivity index (χ3v) is 5.40. The van der Waals surface area contributed by atoms with Crippen LogP contribution in [0.2, 0.25) is 0 Å². The number of amides is 2. The molecule has 3 rings (SSSR count). The summed E-state index contributed by atoms with van der Waals surface area (Å²) in [6, 6.07) is 7.49. The molecule has 1 aliphatic rings. The Balaban J connectivity index is 1.87. The van der Waals surface area contributed by atoms with Gasteiger partial charge in [0, 0.05) is 17.9 Å². The zero-order valence-corrected chi connectivity index (χ0v) is 16.1. The van der Waals surface area contributed by atoms with Gasteiger partial charge in [0.25, 0.3) is 5.56 Å². The van der Waals surface area contributed by atoms with E-state index in [9.17, 15) is 14.4 Å². The molecule has 27 heavy (non-hydrogen) atoms. The van der Waals surface area contributed by atoms with Gasteiger partial charge in [-0.15, -0.1) is 0 Å². The summed E-state index contributed by atoms with van der Waals surface area (Å²) in [6.07, 6.45) is 1.75. The summed E-state index contributed by atoms with van der Waals surface area (Å²) in [5.74, 6) is -0.617. The van der Waals surface area contributed by atoms with E-state index in [0.717, 1.165) is 24.2 Å². The molecule has 1 aromatic carbocycles. The van der Waals surface area contributed by atoms with Crippen molar-refractivity contribution in [2.24, 2.45) is 0 Å². The Kier molecular flexibility index (Phi) is 5.95. The molecule has 1 atom stereocenters. The summed E-state index contributed by atoms with van der Waals surface area (Å²) < 4.78 is 0. The van der Waals surface area contributed by atoms with E-state index in [1.165, 1.54) is 11.8 Å². The van der Waals surface area contributed by atoms with Crippen molar-refractivity contribution in [2.75, 3.05) is 16.4 Å². The quantitative estimate of drug-likeness (QED) is 0.523. The maximum Gasteiger partial charge on any atom is 0.257 e. The Morgan fingerprint density at radius 1 is 1.26 bits per heavy atom. The first-order valence-corrected chi connectivity index (χ1v) is 9.97. The molecule has 0 fully saturated rings. The van der Waals surface area contributed by atoms with Crippen LogP contribution in [0.4, 0.5) is 11.5 Å². The van der Waals surface area contributed by atoms with Crippen LogP contribution in [0.3, 0.4) is 0 Å². The average molecular weight is 386 g/mol. The standard InChI is InChI=1S/C19H22N4O3S/c1-3-9-27-19-22-16-15(18(26)23-19)13(10-14(24)21-16)17(25)20-12-7-5-11(4-2)6-8-12/h5-8,13H,3-4,9-10H2,1-2H3,(H,20,25)(H2,21,22,23,24,26)/t13-/m0/s1. The summed E-state index contributed by atoms with van der Waals surface area (Å²) in [6.45, 7) is 4.08. The third-order valence-electron chi connectivity index (χ3n) is 4.32. The van der Waals surface area contributed by atoms with Gasteiger partial charge in [-0.05, 0) is 30.5 Å². The Hall–Kier alpha value is -2.61. The molecule has 3 N–H and O–H groups in total. The first-order valence-electron chi connectivity index (χ1n) is 8.98. The highest BCUT2D eigenvalue weighted by atomic mass is 32.2. The molecule has 0 radical (unpaired) electrons. The highest BCUT2D eigenvalue weighted by molar-refractivity contribution is 7.99. The fraction of sp³-hybridized carbons (Fsp3) is 0.368. The first-order chi connectivity index (χ1) is 13.0. The van der Waals surface area contributed by atoms with Crippen LogP contribution >= 0.6 is 11.8 Å². The van der Waals surface area contributed by atoms with E-state index in [1.807, 2.05) is 31.2 Å². The lowest BCUT2D eigenvalue weighted by atomic mass is 9.92. The second kappa shape index (κ2) is 8.39. The van der Waals surface area contributed by atoms with E-state index in [1.54, 1.807) is 0 Å². The molecule has 0 spiro atoms. The summed E-state index contributed by atoms with van der Waals surface area (Å²) >= 11 is 1.41. The average Bonchev–Trinajstić information content (AvgIpc) is 2.66. The lowest BCUT2D eigenvalue weighted by Crippen LogP contribution is -2.36. The second-order valence-electron chi connectivity index (χ2n) is 6.33. The molecule has 8 heteroatoms. The van der Waals surface area contributed by atoms with Crippen molar-refractivity contribution < 1.29 is 9.59 Å². The zero-order chi connectivity index (χ0) is 19.4. The van der Waals surface area contributed by atoms with Crippen LogP contribution in [0.15, 0.2) is 34.2 Å². The number of fused-ring (bicyclic) bond motifs is 1. The third kappa shape index (κ3) is 4.39. The number of aromatic nitrogens is 2. The van der Waals surface area contributed by atoms with Gasteiger partial charge < -0.3 is 15.6 Å². The molecular formula is C19H22N4O3S. The minimum Gasteiger partial charge on any atom is -0.326 e. The van der Waals surface area contributed by atoms with Crippen LogP contribution in [0.5, 0.6) is 0 Å². The molecule has 0 aliphatic carbocycles. The van der Waals surface area contributed by atoms with Gasteiger partial charge in [0.05, 0.1) is 11.5 Å². The first kappa shape index (κ1) is 19.2. The number of benzene rings is 1. The van der Waals surface area contributed by atoms with Gasteiger partial charge in [-0.25, -0.2) is 4.98 Å². The summed E-state index contributed by atoms with van der Waals surface area (Å²) in [4.78, 5) is 44.4. The SMILES string of the molecule is CCCSc1nc2c(c(=O)[nH]1)[C@@H](C(=O)Nc1ccc(CC)cc1)CC(=O)N2. The fourth-order valence-electron chi connectivity index (χ4n) is 2.89. The summed E-state index contributed by atoms with van der Waals surface area (Å²) in [7, 11) is 0. The second-order valence-corrected chi connectivity index (χ2v) is 7.41. The predicted molar refractivity (Wildman–Crippen MR) is 106 cm³/mol. The number of carbonyl (C=O) groups is 2. The van der Waals surface area contributed by atoms with Gasteiger partial charge in [0.1, 0.15) is 5.82 Å². The van der Waals surface area contributed by atoms with Gasteiger partial charge in [-0.3, -0.25) is 14.4 Å². The van der Waals surface area contributed by atoms with Gasteiger partial charge >= 0.3 is 0 Å². The van der Waals surface area contributed by atoms with Crippen LogP contribution in [0, 0.1) is 0 Å². The largest absolute Gasteiger partial charge is 0.326 e. The number of rotatable bonds is 6. The molecule has 1 aromatic heterocycles. The normalized spacial score (nSPS) is 15.8. The number of anilines is 2. The number of hydrogen-bond donors (Lipinski definition) is 3. The van der Waals surface area contributed by atoms with Crippen molar-refractivity contribution in [2.45, 2.75) is 44.2 Å². The van der Waals surface area contributed by atoms with E-state index in [2.05, 4.69) is 27.5 Å². The topological polar surface area (TPSA) is 104 Å². The molecular weight excluding hydrogens is 364 g/mol. The molecule has 2 aromatic rings. The highest BCUT2D eigenvalue weighted by Crippen LogP contribution is 2.30. The Morgan fingerprint density at radius 3 is 2.67 bits per heavy atom. The van der Waals surface area contributed by atoms with Gasteiger partial charge in [0.2, 0.25) is 11.8 Å². The fourth-order valence-corrected chi connectivity index (χ4v) is 3.61. The minimum atomic E-state index is -0.874. The molecule has 2 heterocycles. The van der Waals surface area contributed by atoms with Gasteiger partial charge in [0.15, 0.2) is 5.16 Å². The summed E-state index contributed by atoms with van der Waals surface area (Å²) in [5, 5.41) is 5.86. The highest BCUT2D eigenvalue weighted by Gasteiger charge is 2.34. The molecule has 1 aliphatic heterocycles. The Labute approximate surface area is 161 Å². The number of aryl methyl sites for hydroxylation is 1. The minimum absolute atomic E-state index is 0.0852. The van der Waals surface area contributed by atoms with Crippen molar-refractivity contribution in [1.29, 1.82) is 0 Å². The molecule has 0 bridgehead atoms. The number of nitrogens with zero attached hydrogens (tertiary/aromatic N) is 1. The van der Waals surface area contributed by atoms with E-state index in [0.29, 0.717) is 10.8 Å². The number of carbonyl (C=O) groups excluding carboxylic acids is 2. The van der Waals surface area contributed by atoms with Gasteiger partial charge in [-0.1, -0.05) is 37.7 Å². The lowest BCUT2D eigenvalue weighted by Gasteiger charge is -2.23. The van der Waals surface area contributed by atoms with Crippen LogP contribution in [-0.2, 0) is 16.0 Å². The van der Waals surface area contributed by atoms with Gasteiger partial charge in [-0.2, -0.15) is 0 Å². The van der Waals surface area contributed by atoms with E-state index < -0.39 is 11.8 Å². The van der Waals surface area contributed by atoms with E-state index in [4.69, 9.17) is 0 Å². The number of H-pyrrole nitrogens is 1. The summed E-state index contributed by atoms with van der Waals surface area (Å²) in [5.41, 5.74) is 1.61. The monoisotopic (exact) mass is 386 g/mol. The predicted octanol–water partition coefficient (Wildman–Crippen LogP) is 2.90. The Bertz CT molecular complexity index is 908. The maximum absolute atomic E-state index is 12.8. The van der Waals surface area contributed by atoms with Crippen molar-refractivity contribution in [3.8, 4) is 0 Å². The number of thioether (sulfide) groups is 1. The van der Waals surface area contributed by atoms with Crippen molar-refractivity contribution in [1.82, 2.24) is 9.97 Å². The van der Waals surface area contributed by atoms with E-state index in [-0.39, 0.29) is 29.3 Å². The molecule has 0 saturated heterocycles. The van der Waals surface area contributed by atoms with E-state index >= 15 is 0 Å². The number of aromatic amines is 1. The van der Waals surface area contributed by atoms with Crippen LogP contribution in [0.25, 0.3) is 0 Å². The Morgan fingerprint density at radius 2 is 2.00 bits per heavy atom. The van der Waals surface area contributed by atoms with Crippen molar-refractivity contribution in [3.63, 3.8) is 0 Å². The zero-order valence-electron chi connectivity index (χ0n) is 15.3. The van der Waals surface area contributed by atoms with Crippen molar-refractivity contribution in [3.05, 3.63) is 45.7 Å². The smallest absolute Gasteiger partial charge is 0.257 e. The lowest BCUT2D eigenvalue weighted by molar-refractivity contribution is -0.123. The molecule has 142 valence electrons. The van der Waals surface area contributed by atoms with Crippen molar-refractivity contribution >= 4 is 35.1 Å². The maximum atomic E-state index is 12.8. The van der Waals surface area contributed by atoms with Crippen LogP contribution in [-0.4, -0.2) is 27.5 Å².